The van der Waals surface area contributed by atoms with Crippen molar-refractivity contribution in [3.8, 4) is 0 Å². The number of carboxylic acids is 1. The molecule has 0 radical (unpaired) electrons. The molecule has 2 rings (SSSR count). The third kappa shape index (κ3) is 3.21. The van der Waals surface area contributed by atoms with Gasteiger partial charge >= 0.3 is 5.97 Å². The molecule has 2 N–H and O–H groups in total. The summed E-state index contributed by atoms with van der Waals surface area (Å²) in [6.45, 7) is 4.89. The summed E-state index contributed by atoms with van der Waals surface area (Å²) in [5.41, 5.74) is -0.394. The first-order chi connectivity index (χ1) is 8.91. The molecule has 0 aliphatic carbocycles. The van der Waals surface area contributed by atoms with E-state index in [1.807, 2.05) is 18.7 Å². The molecule has 1 aromatic heterocycles. The first kappa shape index (κ1) is 13.8. The van der Waals surface area contributed by atoms with Gasteiger partial charge in [-0.1, -0.05) is 6.07 Å². The van der Waals surface area contributed by atoms with Crippen molar-refractivity contribution in [3.05, 3.63) is 23.9 Å². The first-order valence-electron chi connectivity index (χ1n) is 6.15. The number of aromatic carboxylic acids is 1. The zero-order valence-corrected chi connectivity index (χ0v) is 11.0. The summed E-state index contributed by atoms with van der Waals surface area (Å²) in [4.78, 5) is 17.0. The fourth-order valence-corrected chi connectivity index (χ4v) is 2.28. The van der Waals surface area contributed by atoms with Crippen molar-refractivity contribution < 1.29 is 19.7 Å². The van der Waals surface area contributed by atoms with Crippen LogP contribution in [0.5, 0.6) is 0 Å². The highest BCUT2D eigenvalue weighted by molar-refractivity contribution is 5.85. The molecule has 0 spiro atoms. The topological polar surface area (TPSA) is 82.9 Å². The molecular formula is C13H18N2O4. The van der Waals surface area contributed by atoms with Gasteiger partial charge in [0.1, 0.15) is 5.82 Å². The standard InChI is InChI=1S/C13H18N2O4/c1-13(2)8-15(6-9(7-16)19-13)11-5-3-4-10(14-11)12(17)18/h3-5,9,16H,6-8H2,1-2H3,(H,17,18). The summed E-state index contributed by atoms with van der Waals surface area (Å²) in [6.07, 6.45) is -0.293. The molecule has 1 unspecified atom stereocenters. The van der Waals surface area contributed by atoms with Crippen molar-refractivity contribution in [2.24, 2.45) is 0 Å². The molecule has 104 valence electrons. The number of carbonyl (C=O) groups is 1. The number of hydrogen-bond donors (Lipinski definition) is 2. The van der Waals surface area contributed by atoms with Crippen molar-refractivity contribution in [2.75, 3.05) is 24.6 Å². The monoisotopic (exact) mass is 266 g/mol. The molecule has 1 fully saturated rings. The largest absolute Gasteiger partial charge is 0.477 e. The Balaban J connectivity index is 2.25. The summed E-state index contributed by atoms with van der Waals surface area (Å²) in [7, 11) is 0. The number of anilines is 1. The fourth-order valence-electron chi connectivity index (χ4n) is 2.28. The second-order valence-electron chi connectivity index (χ2n) is 5.25. The lowest BCUT2D eigenvalue weighted by atomic mass is 10.1. The normalized spacial score (nSPS) is 22.3. The molecule has 19 heavy (non-hydrogen) atoms. The zero-order valence-electron chi connectivity index (χ0n) is 11.0. The van der Waals surface area contributed by atoms with E-state index in [1.165, 1.54) is 6.07 Å². The third-order valence-electron chi connectivity index (χ3n) is 2.96. The summed E-state index contributed by atoms with van der Waals surface area (Å²) in [5, 5.41) is 18.2. The van der Waals surface area contributed by atoms with Crippen molar-refractivity contribution in [2.45, 2.75) is 25.6 Å². The number of rotatable bonds is 3. The molecule has 0 amide bonds. The van der Waals surface area contributed by atoms with E-state index < -0.39 is 11.6 Å². The number of morpholine rings is 1. The minimum atomic E-state index is -1.05. The van der Waals surface area contributed by atoms with Gasteiger partial charge in [-0.3, -0.25) is 0 Å². The second-order valence-corrected chi connectivity index (χ2v) is 5.25. The smallest absolute Gasteiger partial charge is 0.354 e. The van der Waals surface area contributed by atoms with Crippen LogP contribution >= 0.6 is 0 Å². The summed E-state index contributed by atoms with van der Waals surface area (Å²) in [6, 6.07) is 4.89. The Labute approximate surface area is 111 Å². The number of pyridine rings is 1. The number of hydrogen-bond acceptors (Lipinski definition) is 5. The van der Waals surface area contributed by atoms with Crippen LogP contribution in [-0.2, 0) is 4.74 Å². The molecule has 1 aliphatic rings. The van der Waals surface area contributed by atoms with E-state index in [-0.39, 0.29) is 18.4 Å². The molecular weight excluding hydrogens is 248 g/mol. The van der Waals surface area contributed by atoms with E-state index >= 15 is 0 Å². The maximum atomic E-state index is 10.9. The molecule has 0 aromatic carbocycles. The predicted octanol–water partition coefficient (Wildman–Crippen LogP) is 0.756. The molecule has 0 bridgehead atoms. The second kappa shape index (κ2) is 5.14. The van der Waals surface area contributed by atoms with Crippen LogP contribution in [0.4, 0.5) is 5.82 Å². The van der Waals surface area contributed by atoms with E-state index in [1.54, 1.807) is 12.1 Å². The van der Waals surface area contributed by atoms with Gasteiger partial charge in [-0.25, -0.2) is 9.78 Å². The zero-order chi connectivity index (χ0) is 14.0. The Morgan fingerprint density at radius 2 is 2.32 bits per heavy atom. The van der Waals surface area contributed by atoms with Crippen molar-refractivity contribution >= 4 is 11.8 Å². The van der Waals surface area contributed by atoms with Crippen LogP contribution in [0, 0.1) is 0 Å². The number of nitrogens with zero attached hydrogens (tertiary/aromatic N) is 2. The lowest BCUT2D eigenvalue weighted by molar-refractivity contribution is -0.101. The van der Waals surface area contributed by atoms with Gasteiger partial charge in [0.25, 0.3) is 0 Å². The van der Waals surface area contributed by atoms with Gasteiger partial charge in [0.05, 0.1) is 18.3 Å². The molecule has 6 nitrogen and oxygen atoms in total. The van der Waals surface area contributed by atoms with E-state index in [0.717, 1.165) is 0 Å². The molecule has 1 saturated heterocycles. The number of carboxylic acid groups (broad SMARTS) is 1. The Bertz CT molecular complexity index is 475. The maximum absolute atomic E-state index is 10.9. The van der Waals surface area contributed by atoms with Gasteiger partial charge in [0.2, 0.25) is 0 Å². The quantitative estimate of drug-likeness (QED) is 0.840. The van der Waals surface area contributed by atoms with Gasteiger partial charge in [-0.05, 0) is 26.0 Å². The van der Waals surface area contributed by atoms with E-state index in [9.17, 15) is 9.90 Å². The Kier molecular flexibility index (Phi) is 3.73. The van der Waals surface area contributed by atoms with Crippen LogP contribution in [0.1, 0.15) is 24.3 Å². The maximum Gasteiger partial charge on any atom is 0.354 e. The summed E-state index contributed by atoms with van der Waals surface area (Å²) in [5.74, 6) is -0.456. The highest BCUT2D eigenvalue weighted by Gasteiger charge is 2.33. The lowest BCUT2D eigenvalue weighted by Crippen LogP contribution is -2.54. The van der Waals surface area contributed by atoms with Gasteiger partial charge < -0.3 is 19.8 Å². The first-order valence-corrected chi connectivity index (χ1v) is 6.15. The molecule has 1 aliphatic heterocycles. The molecule has 6 heteroatoms. The average molecular weight is 266 g/mol. The predicted molar refractivity (Wildman–Crippen MR) is 69.4 cm³/mol. The van der Waals surface area contributed by atoms with Gasteiger partial charge in [0.15, 0.2) is 5.69 Å². The minimum Gasteiger partial charge on any atom is -0.477 e. The molecule has 1 atom stereocenters. The molecule has 2 heterocycles. The van der Waals surface area contributed by atoms with Crippen molar-refractivity contribution in [3.63, 3.8) is 0 Å². The van der Waals surface area contributed by atoms with Gasteiger partial charge in [0, 0.05) is 13.1 Å². The van der Waals surface area contributed by atoms with E-state index in [4.69, 9.17) is 9.84 Å². The summed E-state index contributed by atoms with van der Waals surface area (Å²) < 4.78 is 5.72. The Morgan fingerprint density at radius 1 is 1.58 bits per heavy atom. The Hall–Kier alpha value is -1.66. The van der Waals surface area contributed by atoms with Crippen LogP contribution in [0.3, 0.4) is 0 Å². The molecule has 1 aromatic rings. The van der Waals surface area contributed by atoms with Crippen LogP contribution in [0.15, 0.2) is 18.2 Å². The van der Waals surface area contributed by atoms with Crippen molar-refractivity contribution in [1.29, 1.82) is 0 Å². The SMILES string of the molecule is CC1(C)CN(c2cccc(C(=O)O)n2)CC(CO)O1. The van der Waals surface area contributed by atoms with Gasteiger partial charge in [-0.2, -0.15) is 0 Å². The van der Waals surface area contributed by atoms with Crippen LogP contribution in [-0.4, -0.2) is 52.6 Å². The number of aromatic nitrogens is 1. The van der Waals surface area contributed by atoms with Crippen molar-refractivity contribution in [1.82, 2.24) is 4.98 Å². The molecule has 0 saturated carbocycles. The Morgan fingerprint density at radius 3 is 2.95 bits per heavy atom. The van der Waals surface area contributed by atoms with Crippen LogP contribution in [0.25, 0.3) is 0 Å². The van der Waals surface area contributed by atoms with Crippen LogP contribution < -0.4 is 4.90 Å². The van der Waals surface area contributed by atoms with E-state index in [0.29, 0.717) is 18.9 Å². The third-order valence-corrected chi connectivity index (χ3v) is 2.96. The fraction of sp³-hybridized carbons (Fsp3) is 0.538. The highest BCUT2D eigenvalue weighted by Crippen LogP contribution is 2.24. The number of aliphatic hydroxyl groups is 1. The minimum absolute atomic E-state index is 0.0161. The average Bonchev–Trinajstić information content (AvgIpc) is 2.37. The lowest BCUT2D eigenvalue weighted by Gasteiger charge is -2.42. The number of aliphatic hydroxyl groups excluding tert-OH is 1. The number of ether oxygens (including phenoxy) is 1. The van der Waals surface area contributed by atoms with Crippen LogP contribution in [0.2, 0.25) is 0 Å². The summed E-state index contributed by atoms with van der Waals surface area (Å²) >= 11 is 0. The highest BCUT2D eigenvalue weighted by atomic mass is 16.5. The van der Waals surface area contributed by atoms with E-state index in [2.05, 4.69) is 4.98 Å². The van der Waals surface area contributed by atoms with Gasteiger partial charge in [-0.15, -0.1) is 0 Å².